The van der Waals surface area contributed by atoms with Crippen LogP contribution in [0.5, 0.6) is 11.6 Å². The van der Waals surface area contributed by atoms with Crippen molar-refractivity contribution in [1.29, 1.82) is 5.26 Å². The van der Waals surface area contributed by atoms with Crippen molar-refractivity contribution in [2.45, 2.75) is 134 Å². The van der Waals surface area contributed by atoms with Gasteiger partial charge in [-0.3, -0.25) is 19.0 Å². The second-order valence-corrected chi connectivity index (χ2v) is 19.7. The second-order valence-electron chi connectivity index (χ2n) is 19.3. The largest absolute Gasteiger partial charge is 0.490 e. The summed E-state index contributed by atoms with van der Waals surface area (Å²) >= 11 is 6.17. The molecule has 69 heavy (non-hydrogen) atoms. The molecule has 1 N–H and O–H groups in total. The number of amides is 2. The van der Waals surface area contributed by atoms with Gasteiger partial charge in [-0.1, -0.05) is 11.6 Å². The lowest BCUT2D eigenvalue weighted by molar-refractivity contribution is -0.129. The Morgan fingerprint density at radius 1 is 0.884 bits per heavy atom. The maximum absolute atomic E-state index is 14.8. The number of carbonyl (C=O) groups is 2. The molecule has 0 bridgehead atoms. The average molecular weight is 963 g/mol. The Morgan fingerprint density at radius 2 is 1.65 bits per heavy atom. The molecule has 0 radical (unpaired) electrons. The molecule has 3 aliphatic heterocycles. The maximum atomic E-state index is 14.8. The van der Waals surface area contributed by atoms with E-state index in [0.29, 0.717) is 65.4 Å². The van der Waals surface area contributed by atoms with Gasteiger partial charge in [-0.2, -0.15) is 15.5 Å². The van der Waals surface area contributed by atoms with Gasteiger partial charge in [-0.15, -0.1) is 10.2 Å². The van der Waals surface area contributed by atoms with Crippen LogP contribution in [0, 0.1) is 11.3 Å². The number of aryl methyl sites for hydroxylation is 2. The number of anilines is 2. The first-order chi connectivity index (χ1) is 33.5. The van der Waals surface area contributed by atoms with Crippen LogP contribution in [0.4, 0.5) is 20.3 Å². The van der Waals surface area contributed by atoms with E-state index in [-0.39, 0.29) is 47.4 Å². The standard InChI is InChI=1S/C51H58ClF2N11O4/c1-31(66)63-23-19-46-43(30-63)50(64-20-3-4-32-24-41(34-28-56-61(2)29-34)42(49(53)54)26-47(32)64)60-65(46)37-17-21-62(22-18-37)36-8-13-39(14-9-36)69-48-16-15-45(58-59-48)51(67)57-35-6-11-38(12-7-35)68-40-10-5-33(27-55)44(52)25-40/h5,10,15-16,24-26,28-29,35-39,49H,3-4,6-9,11-14,17-23,30H2,1-2H3,(H,57,67). The number of nitriles is 1. The Bertz CT molecular complexity index is 2720. The van der Waals surface area contributed by atoms with Crippen molar-refractivity contribution in [2.75, 3.05) is 31.1 Å². The summed E-state index contributed by atoms with van der Waals surface area (Å²) < 4.78 is 45.8. The lowest BCUT2D eigenvalue weighted by atomic mass is 9.90. The van der Waals surface area contributed by atoms with Crippen molar-refractivity contribution in [2.24, 2.45) is 7.05 Å². The first-order valence-electron chi connectivity index (χ1n) is 24.5. The predicted octanol–water partition coefficient (Wildman–Crippen LogP) is 8.67. The smallest absolute Gasteiger partial charge is 0.272 e. The summed E-state index contributed by atoms with van der Waals surface area (Å²) in [6.07, 6.45) is 11.9. The van der Waals surface area contributed by atoms with E-state index in [1.165, 1.54) is 0 Å². The predicted molar refractivity (Wildman–Crippen MR) is 255 cm³/mol. The van der Waals surface area contributed by atoms with Crippen molar-refractivity contribution in [3.8, 4) is 28.8 Å². The number of alkyl halides is 2. The molecule has 0 spiro atoms. The highest BCUT2D eigenvalue weighted by molar-refractivity contribution is 6.31. The molecule has 3 fully saturated rings. The Hall–Kier alpha value is -6.12. The van der Waals surface area contributed by atoms with Crippen LogP contribution in [-0.4, -0.2) is 102 Å². The van der Waals surface area contributed by atoms with E-state index in [4.69, 9.17) is 31.4 Å². The number of ether oxygens (including phenoxy) is 2. The number of nitrogens with one attached hydrogen (secondary N) is 1. The summed E-state index contributed by atoms with van der Waals surface area (Å²) in [6, 6.07) is 14.8. The van der Waals surface area contributed by atoms with Crippen molar-refractivity contribution < 1.29 is 27.8 Å². The number of nitrogens with zero attached hydrogens (tertiary/aromatic N) is 10. The highest BCUT2D eigenvalue weighted by atomic mass is 35.5. The second kappa shape index (κ2) is 20.1. The zero-order valence-electron chi connectivity index (χ0n) is 39.1. The summed E-state index contributed by atoms with van der Waals surface area (Å²) in [4.78, 5) is 32.4. The van der Waals surface area contributed by atoms with Gasteiger partial charge in [0.05, 0.1) is 35.5 Å². The Morgan fingerprint density at radius 3 is 2.33 bits per heavy atom. The highest BCUT2D eigenvalue weighted by Gasteiger charge is 2.37. The number of carbonyl (C=O) groups excluding carboxylic acids is 2. The molecule has 5 aliphatic rings. The minimum Gasteiger partial charge on any atom is -0.490 e. The fourth-order valence-electron chi connectivity index (χ4n) is 11.2. The first kappa shape index (κ1) is 46.6. The summed E-state index contributed by atoms with van der Waals surface area (Å²) in [7, 11) is 1.79. The molecule has 3 aromatic heterocycles. The molecule has 2 saturated carbocycles. The zero-order valence-corrected chi connectivity index (χ0v) is 39.9. The number of aromatic nitrogens is 6. The van der Waals surface area contributed by atoms with Crippen molar-refractivity contribution in [1.82, 2.24) is 44.9 Å². The van der Waals surface area contributed by atoms with Crippen LogP contribution in [0.3, 0.4) is 0 Å². The van der Waals surface area contributed by atoms with Crippen molar-refractivity contribution in [3.63, 3.8) is 0 Å². The van der Waals surface area contributed by atoms with Gasteiger partial charge < -0.3 is 29.5 Å². The van der Waals surface area contributed by atoms with E-state index in [2.05, 4.69) is 41.2 Å². The third kappa shape index (κ3) is 10.0. The number of fused-ring (bicyclic) bond motifs is 2. The molecule has 2 amide bonds. The molecule has 1 saturated heterocycles. The van der Waals surface area contributed by atoms with Crippen molar-refractivity contribution >= 4 is 34.9 Å². The van der Waals surface area contributed by atoms with Gasteiger partial charge in [0.2, 0.25) is 11.8 Å². The molecule has 362 valence electrons. The molecule has 10 rings (SSSR count). The molecule has 18 heteroatoms. The number of benzene rings is 2. The third-order valence-corrected chi connectivity index (χ3v) is 15.2. The Kier molecular flexibility index (Phi) is 13.6. The Labute approximate surface area is 405 Å². The van der Waals surface area contributed by atoms with Crippen molar-refractivity contribution in [3.05, 3.63) is 93.5 Å². The number of hydrogen-bond acceptors (Lipinski definition) is 11. The summed E-state index contributed by atoms with van der Waals surface area (Å²) in [6.45, 7) is 5.24. The van der Waals surface area contributed by atoms with Crippen LogP contribution in [0.1, 0.15) is 128 Å². The quantitative estimate of drug-likeness (QED) is 0.135. The molecule has 2 aromatic carbocycles. The van der Waals surface area contributed by atoms with Crippen LogP contribution in [0.2, 0.25) is 5.02 Å². The number of halogens is 3. The third-order valence-electron chi connectivity index (χ3n) is 14.9. The molecule has 15 nitrogen and oxygen atoms in total. The highest BCUT2D eigenvalue weighted by Crippen LogP contribution is 2.44. The minimum atomic E-state index is -2.66. The molecule has 0 unspecified atom stereocenters. The van der Waals surface area contributed by atoms with Gasteiger partial charge in [0, 0.05) is 105 Å². The normalized spacial score (nSPS) is 22.2. The van der Waals surface area contributed by atoms with E-state index in [1.807, 2.05) is 11.0 Å². The maximum Gasteiger partial charge on any atom is 0.272 e. The molecular weight excluding hydrogens is 904 g/mol. The van der Waals surface area contributed by atoms with Gasteiger partial charge in [0.15, 0.2) is 11.5 Å². The van der Waals surface area contributed by atoms with E-state index in [0.717, 1.165) is 118 Å². The number of hydrogen-bond donors (Lipinski definition) is 1. The summed E-state index contributed by atoms with van der Waals surface area (Å²) in [5, 5.41) is 30.7. The fraction of sp³-hybridized carbons (Fsp3) is 0.510. The van der Waals surface area contributed by atoms with E-state index in [1.54, 1.807) is 67.4 Å². The monoisotopic (exact) mass is 961 g/mol. The lowest BCUT2D eigenvalue weighted by Crippen LogP contribution is -2.45. The minimum absolute atomic E-state index is 0.00635. The summed E-state index contributed by atoms with van der Waals surface area (Å²) in [5.74, 6) is 1.59. The zero-order chi connectivity index (χ0) is 47.8. The van der Waals surface area contributed by atoms with Crippen LogP contribution in [0.25, 0.3) is 11.1 Å². The summed E-state index contributed by atoms with van der Waals surface area (Å²) in [5.41, 5.74) is 5.79. The number of likely N-dealkylation sites (tertiary alicyclic amines) is 1. The van der Waals surface area contributed by atoms with Crippen LogP contribution in [0.15, 0.2) is 54.9 Å². The molecular formula is C51H58ClF2N11O4. The number of piperidine rings is 1. The van der Waals surface area contributed by atoms with Gasteiger partial charge in [0.25, 0.3) is 12.3 Å². The molecule has 6 heterocycles. The van der Waals surface area contributed by atoms with E-state index >= 15 is 0 Å². The lowest BCUT2D eigenvalue weighted by Gasteiger charge is -2.41. The first-order valence-corrected chi connectivity index (χ1v) is 24.8. The topological polar surface area (TPSA) is 160 Å². The molecule has 0 atom stereocenters. The van der Waals surface area contributed by atoms with E-state index < -0.39 is 6.43 Å². The van der Waals surface area contributed by atoms with Crippen LogP contribution >= 0.6 is 11.6 Å². The van der Waals surface area contributed by atoms with E-state index in [9.17, 15) is 18.4 Å². The van der Waals surface area contributed by atoms with Gasteiger partial charge in [-0.05, 0) is 119 Å². The van der Waals surface area contributed by atoms with Crippen LogP contribution in [-0.2, 0) is 31.2 Å². The molecule has 5 aromatic rings. The fourth-order valence-corrected chi connectivity index (χ4v) is 11.4. The van der Waals surface area contributed by atoms with Gasteiger partial charge in [0.1, 0.15) is 17.9 Å². The average Bonchev–Trinajstić information content (AvgIpc) is 3.98. The Balaban J connectivity index is 0.725. The van der Waals surface area contributed by atoms with Crippen LogP contribution < -0.4 is 19.7 Å². The van der Waals surface area contributed by atoms with Gasteiger partial charge >= 0.3 is 0 Å². The molecule has 2 aliphatic carbocycles. The number of rotatable bonds is 11. The van der Waals surface area contributed by atoms with Gasteiger partial charge in [-0.25, -0.2) is 8.78 Å². The SMILES string of the molecule is CC(=O)N1CCc2c(c(N3CCCc4cc(-c5cnn(C)c5)c(C(F)F)cc43)nn2C2CCN(C3CCC(Oc4ccc(C(=O)NC5CCC(Oc6ccc(C#N)c(Cl)c6)CC5)nn4)CC3)CC2)C1.